The van der Waals surface area contributed by atoms with Gasteiger partial charge in [-0.1, -0.05) is 12.1 Å². The largest absolute Gasteiger partial charge is 0.494 e. The van der Waals surface area contributed by atoms with E-state index in [0.717, 1.165) is 5.52 Å². The molecule has 3 rings (SSSR count). The molecule has 0 N–H and O–H groups in total. The number of rotatable bonds is 5. The van der Waals surface area contributed by atoms with E-state index < -0.39 is 0 Å². The second-order valence-electron chi connectivity index (χ2n) is 4.64. The van der Waals surface area contributed by atoms with Crippen LogP contribution in [0.3, 0.4) is 0 Å². The molecule has 0 aliphatic rings. The van der Waals surface area contributed by atoms with E-state index in [2.05, 4.69) is 0 Å². The highest BCUT2D eigenvalue weighted by molar-refractivity contribution is 5.72. The molecule has 0 bridgehead atoms. The molecule has 0 atom stereocenters. The van der Waals surface area contributed by atoms with Crippen LogP contribution in [0.15, 0.2) is 57.7 Å². The first kappa shape index (κ1) is 13.4. The first-order valence-corrected chi connectivity index (χ1v) is 6.71. The summed E-state index contributed by atoms with van der Waals surface area (Å²) in [5, 5.41) is 0. The van der Waals surface area contributed by atoms with Crippen LogP contribution >= 0.6 is 0 Å². The zero-order chi connectivity index (χ0) is 14.7. The Labute approximate surface area is 120 Å². The fraction of sp³-hybridized carbons (Fsp3) is 0.188. The molecule has 0 aliphatic carbocycles. The Hall–Kier alpha value is -2.56. The second kappa shape index (κ2) is 5.83. The quantitative estimate of drug-likeness (QED) is 0.677. The number of fused-ring (bicyclic) bond motifs is 1. The lowest BCUT2D eigenvalue weighted by atomic mass is 10.3. The molecule has 2 aromatic carbocycles. The molecule has 5 heteroatoms. The summed E-state index contributed by atoms with van der Waals surface area (Å²) in [6.07, 6.45) is 0.654. The molecule has 0 saturated heterocycles. The maximum absolute atomic E-state index is 12.7. The van der Waals surface area contributed by atoms with Crippen LogP contribution in [-0.4, -0.2) is 11.2 Å². The molecule has 1 aromatic heterocycles. The molecule has 0 unspecified atom stereocenters. The summed E-state index contributed by atoms with van der Waals surface area (Å²) >= 11 is 0. The van der Waals surface area contributed by atoms with Crippen molar-refractivity contribution in [2.45, 2.75) is 13.0 Å². The van der Waals surface area contributed by atoms with Gasteiger partial charge in [-0.3, -0.25) is 4.57 Å². The van der Waals surface area contributed by atoms with Crippen molar-refractivity contribution in [3.8, 4) is 5.75 Å². The minimum absolute atomic E-state index is 0.293. The van der Waals surface area contributed by atoms with Gasteiger partial charge in [0.25, 0.3) is 0 Å². The minimum Gasteiger partial charge on any atom is -0.494 e. The number of aromatic nitrogens is 1. The van der Waals surface area contributed by atoms with Gasteiger partial charge in [0.1, 0.15) is 11.6 Å². The lowest BCUT2D eigenvalue weighted by Gasteiger charge is -2.06. The molecule has 0 saturated carbocycles. The van der Waals surface area contributed by atoms with Gasteiger partial charge in [0.05, 0.1) is 12.1 Å². The summed E-state index contributed by atoms with van der Waals surface area (Å²) in [6, 6.07) is 13.2. The van der Waals surface area contributed by atoms with Crippen molar-refractivity contribution in [1.29, 1.82) is 0 Å². The van der Waals surface area contributed by atoms with Crippen LogP contribution < -0.4 is 10.5 Å². The van der Waals surface area contributed by atoms with E-state index in [1.54, 1.807) is 22.8 Å². The van der Waals surface area contributed by atoms with E-state index in [-0.39, 0.29) is 11.6 Å². The van der Waals surface area contributed by atoms with E-state index in [1.165, 1.54) is 12.1 Å². The summed E-state index contributed by atoms with van der Waals surface area (Å²) in [5.74, 6) is -0.0439. The number of nitrogens with zero attached hydrogens (tertiary/aromatic N) is 1. The van der Waals surface area contributed by atoms with Crippen LogP contribution in [0.25, 0.3) is 11.1 Å². The third kappa shape index (κ3) is 2.97. The van der Waals surface area contributed by atoms with E-state index >= 15 is 0 Å². The molecule has 108 valence electrons. The summed E-state index contributed by atoms with van der Waals surface area (Å²) < 4.78 is 25.0. The SMILES string of the molecule is O=c1oc2ccccc2n1CCCOc1ccc(F)cc1. The van der Waals surface area contributed by atoms with Gasteiger partial charge in [-0.25, -0.2) is 9.18 Å². The van der Waals surface area contributed by atoms with Crippen LogP contribution in [0.1, 0.15) is 6.42 Å². The predicted octanol–water partition coefficient (Wildman–Crippen LogP) is 3.20. The van der Waals surface area contributed by atoms with Gasteiger partial charge in [-0.2, -0.15) is 0 Å². The average Bonchev–Trinajstić information content (AvgIpc) is 2.81. The lowest BCUT2D eigenvalue weighted by Crippen LogP contribution is -2.15. The maximum atomic E-state index is 12.7. The van der Waals surface area contributed by atoms with Crippen LogP contribution in [0.2, 0.25) is 0 Å². The number of halogens is 1. The Morgan fingerprint density at radius 2 is 1.86 bits per heavy atom. The Kier molecular flexibility index (Phi) is 3.73. The van der Waals surface area contributed by atoms with Gasteiger partial charge in [0, 0.05) is 6.54 Å². The van der Waals surface area contributed by atoms with Gasteiger partial charge in [0.2, 0.25) is 0 Å². The third-order valence-electron chi connectivity index (χ3n) is 3.18. The highest BCUT2D eigenvalue weighted by Crippen LogP contribution is 2.13. The smallest absolute Gasteiger partial charge is 0.419 e. The number of benzene rings is 2. The summed E-state index contributed by atoms with van der Waals surface area (Å²) in [6.45, 7) is 0.953. The highest BCUT2D eigenvalue weighted by atomic mass is 19.1. The molecule has 21 heavy (non-hydrogen) atoms. The first-order chi connectivity index (χ1) is 10.2. The molecule has 0 aliphatic heterocycles. The van der Waals surface area contributed by atoms with Gasteiger partial charge in [0.15, 0.2) is 5.58 Å². The van der Waals surface area contributed by atoms with Crippen LogP contribution in [0.5, 0.6) is 5.75 Å². The molecule has 1 heterocycles. The van der Waals surface area contributed by atoms with E-state index in [9.17, 15) is 9.18 Å². The molecule has 0 radical (unpaired) electrons. The normalized spacial score (nSPS) is 10.9. The molecular formula is C16H14FNO3. The Balaban J connectivity index is 1.61. The van der Waals surface area contributed by atoms with Crippen LogP contribution in [0, 0.1) is 5.82 Å². The zero-order valence-corrected chi connectivity index (χ0v) is 11.3. The van der Waals surface area contributed by atoms with Crippen molar-refractivity contribution in [1.82, 2.24) is 4.57 Å². The average molecular weight is 287 g/mol. The minimum atomic E-state index is -0.363. The van der Waals surface area contributed by atoms with Crippen LogP contribution in [0.4, 0.5) is 4.39 Å². The molecular weight excluding hydrogens is 273 g/mol. The Morgan fingerprint density at radius 1 is 1.10 bits per heavy atom. The molecule has 0 amide bonds. The summed E-state index contributed by atoms with van der Waals surface area (Å²) in [5.41, 5.74) is 1.37. The van der Waals surface area contributed by atoms with Gasteiger partial charge in [-0.05, 0) is 42.8 Å². The molecule has 0 spiro atoms. The van der Waals surface area contributed by atoms with Gasteiger partial charge in [-0.15, -0.1) is 0 Å². The topological polar surface area (TPSA) is 44.4 Å². The maximum Gasteiger partial charge on any atom is 0.419 e. The summed E-state index contributed by atoms with van der Waals surface area (Å²) in [4.78, 5) is 11.8. The number of aryl methyl sites for hydroxylation is 1. The van der Waals surface area contributed by atoms with Crippen molar-refractivity contribution >= 4 is 11.1 Å². The number of hydrogen-bond acceptors (Lipinski definition) is 3. The molecule has 3 aromatic rings. The van der Waals surface area contributed by atoms with Gasteiger partial charge >= 0.3 is 5.76 Å². The number of hydrogen-bond donors (Lipinski definition) is 0. The van der Waals surface area contributed by atoms with Crippen LogP contribution in [-0.2, 0) is 6.54 Å². The van der Waals surface area contributed by atoms with E-state index in [4.69, 9.17) is 9.15 Å². The molecule has 0 fully saturated rings. The molecule has 4 nitrogen and oxygen atoms in total. The lowest BCUT2D eigenvalue weighted by molar-refractivity contribution is 0.299. The number of para-hydroxylation sites is 2. The van der Waals surface area contributed by atoms with Crippen molar-refractivity contribution < 1.29 is 13.5 Å². The fourth-order valence-corrected chi connectivity index (χ4v) is 2.17. The number of oxazole rings is 1. The number of ether oxygens (including phenoxy) is 1. The zero-order valence-electron chi connectivity index (χ0n) is 11.3. The van der Waals surface area contributed by atoms with Crippen molar-refractivity contribution in [3.05, 3.63) is 64.9 Å². The Morgan fingerprint density at radius 3 is 2.67 bits per heavy atom. The first-order valence-electron chi connectivity index (χ1n) is 6.71. The van der Waals surface area contributed by atoms with E-state index in [1.807, 2.05) is 18.2 Å². The van der Waals surface area contributed by atoms with Gasteiger partial charge < -0.3 is 9.15 Å². The fourth-order valence-electron chi connectivity index (χ4n) is 2.17. The Bertz CT molecular complexity index is 789. The monoisotopic (exact) mass is 287 g/mol. The predicted molar refractivity (Wildman–Crippen MR) is 77.0 cm³/mol. The van der Waals surface area contributed by atoms with Crippen molar-refractivity contribution in [3.63, 3.8) is 0 Å². The third-order valence-corrected chi connectivity index (χ3v) is 3.18. The van der Waals surface area contributed by atoms with E-state index in [0.29, 0.717) is 30.9 Å². The second-order valence-corrected chi connectivity index (χ2v) is 4.64. The van der Waals surface area contributed by atoms with Crippen molar-refractivity contribution in [2.75, 3.05) is 6.61 Å². The summed E-state index contributed by atoms with van der Waals surface area (Å²) in [7, 11) is 0. The van der Waals surface area contributed by atoms with Crippen molar-refractivity contribution in [2.24, 2.45) is 0 Å². The highest BCUT2D eigenvalue weighted by Gasteiger charge is 2.07. The standard InChI is InChI=1S/C16H14FNO3/c17-12-6-8-13(9-7-12)20-11-3-10-18-14-4-1-2-5-15(14)21-16(18)19/h1-2,4-9H,3,10-11H2.